The molecular formula is C19H36. The highest BCUT2D eigenvalue weighted by atomic mass is 14.0. The second-order valence-electron chi connectivity index (χ2n) is 5.91. The quantitative estimate of drug-likeness (QED) is 0.236. The zero-order valence-corrected chi connectivity index (χ0v) is 13.3. The van der Waals surface area contributed by atoms with E-state index in [2.05, 4.69) is 32.9 Å². The molecule has 0 amide bonds. The summed E-state index contributed by atoms with van der Waals surface area (Å²) in [5.74, 6) is 0.874. The molecule has 0 heterocycles. The maximum absolute atomic E-state index is 3.90. The van der Waals surface area contributed by atoms with E-state index in [1.807, 2.05) is 0 Å². The Hall–Kier alpha value is -0.260. The Bertz CT molecular complexity index is 180. The van der Waals surface area contributed by atoms with Gasteiger partial charge in [-0.1, -0.05) is 90.7 Å². The number of hydrogen-bond donors (Lipinski definition) is 0. The molecule has 0 saturated carbocycles. The molecule has 0 aromatic heterocycles. The summed E-state index contributed by atoms with van der Waals surface area (Å²) >= 11 is 0. The first-order chi connectivity index (χ1) is 9.31. The van der Waals surface area contributed by atoms with Gasteiger partial charge in [0.25, 0.3) is 0 Å². The predicted octanol–water partition coefficient (Wildman–Crippen LogP) is 6.92. The van der Waals surface area contributed by atoms with Crippen molar-refractivity contribution in [3.05, 3.63) is 26.0 Å². The third kappa shape index (κ3) is 15.7. The van der Waals surface area contributed by atoms with Crippen LogP contribution in [0.2, 0.25) is 0 Å². The van der Waals surface area contributed by atoms with Gasteiger partial charge >= 0.3 is 0 Å². The molecule has 0 aliphatic carbocycles. The van der Waals surface area contributed by atoms with Crippen LogP contribution in [-0.4, -0.2) is 0 Å². The van der Waals surface area contributed by atoms with Gasteiger partial charge < -0.3 is 0 Å². The van der Waals surface area contributed by atoms with Crippen LogP contribution in [0.5, 0.6) is 0 Å². The number of unbranched alkanes of at least 4 members (excludes halogenated alkanes) is 8. The van der Waals surface area contributed by atoms with Gasteiger partial charge in [-0.05, 0) is 31.6 Å². The highest BCUT2D eigenvalue weighted by Gasteiger charge is 1.98. The van der Waals surface area contributed by atoms with Gasteiger partial charge in [-0.2, -0.15) is 0 Å². The second-order valence-corrected chi connectivity index (χ2v) is 5.91. The fraction of sp³-hybridized carbons (Fsp3) is 0.789. The van der Waals surface area contributed by atoms with Crippen LogP contribution < -0.4 is 0 Å². The molecule has 0 heteroatoms. The fourth-order valence-electron chi connectivity index (χ4n) is 2.40. The minimum atomic E-state index is 0.874. The Balaban J connectivity index is 3.16. The van der Waals surface area contributed by atoms with Gasteiger partial charge in [0.1, 0.15) is 0 Å². The lowest BCUT2D eigenvalue weighted by atomic mass is 9.99. The highest BCUT2D eigenvalue weighted by molar-refractivity contribution is 4.81. The molecule has 19 heavy (non-hydrogen) atoms. The molecule has 0 saturated heterocycles. The van der Waals surface area contributed by atoms with Gasteiger partial charge in [-0.25, -0.2) is 0 Å². The average Bonchev–Trinajstić information content (AvgIpc) is 2.42. The molecule has 0 bridgehead atoms. The Labute approximate surface area is 123 Å². The first-order valence-electron chi connectivity index (χ1n) is 8.54. The van der Waals surface area contributed by atoms with E-state index in [1.165, 1.54) is 70.6 Å². The first-order valence-corrected chi connectivity index (χ1v) is 8.54. The molecule has 0 rings (SSSR count). The van der Waals surface area contributed by atoms with Crippen LogP contribution in [-0.2, 0) is 0 Å². The van der Waals surface area contributed by atoms with Crippen molar-refractivity contribution in [3.63, 3.8) is 0 Å². The third-order valence-electron chi connectivity index (χ3n) is 3.81. The van der Waals surface area contributed by atoms with E-state index in [4.69, 9.17) is 0 Å². The SMILES string of the molecule is [CH2]CCCCCCCCC=CCCC(C)CCC[CH2]. The monoisotopic (exact) mass is 264 g/mol. The predicted molar refractivity (Wildman–Crippen MR) is 89.0 cm³/mol. The summed E-state index contributed by atoms with van der Waals surface area (Å²) < 4.78 is 0. The van der Waals surface area contributed by atoms with Crippen molar-refractivity contribution in [1.82, 2.24) is 0 Å². The molecule has 0 spiro atoms. The van der Waals surface area contributed by atoms with Gasteiger partial charge in [0, 0.05) is 0 Å². The number of hydrogen-bond acceptors (Lipinski definition) is 0. The largest absolute Gasteiger partial charge is 0.0885 e. The van der Waals surface area contributed by atoms with E-state index in [-0.39, 0.29) is 0 Å². The number of allylic oxidation sites excluding steroid dienone is 2. The maximum atomic E-state index is 3.90. The van der Waals surface area contributed by atoms with Crippen molar-refractivity contribution in [2.24, 2.45) is 5.92 Å². The Kier molecular flexibility index (Phi) is 15.6. The second kappa shape index (κ2) is 15.8. The van der Waals surface area contributed by atoms with E-state index in [0.717, 1.165) is 18.8 Å². The summed E-state index contributed by atoms with van der Waals surface area (Å²) in [6.45, 7) is 10.2. The lowest BCUT2D eigenvalue weighted by Gasteiger charge is -2.07. The minimum absolute atomic E-state index is 0.874. The van der Waals surface area contributed by atoms with Crippen molar-refractivity contribution in [2.75, 3.05) is 0 Å². The van der Waals surface area contributed by atoms with Crippen LogP contribution in [0.1, 0.15) is 90.4 Å². The molecule has 0 aliphatic heterocycles. The van der Waals surface area contributed by atoms with Crippen LogP contribution in [0.15, 0.2) is 12.2 Å². The van der Waals surface area contributed by atoms with Crippen molar-refractivity contribution < 1.29 is 0 Å². The van der Waals surface area contributed by atoms with Gasteiger partial charge in [0.05, 0.1) is 0 Å². The minimum Gasteiger partial charge on any atom is -0.0885 e. The smallest absolute Gasteiger partial charge is 0.0348 e. The summed E-state index contributed by atoms with van der Waals surface area (Å²) in [6.07, 6.45) is 21.8. The molecule has 0 aliphatic rings. The molecule has 0 aromatic rings. The van der Waals surface area contributed by atoms with Gasteiger partial charge in [-0.3, -0.25) is 0 Å². The van der Waals surface area contributed by atoms with Crippen LogP contribution in [0.3, 0.4) is 0 Å². The molecule has 1 unspecified atom stereocenters. The normalized spacial score (nSPS) is 13.2. The zero-order valence-electron chi connectivity index (χ0n) is 13.3. The third-order valence-corrected chi connectivity index (χ3v) is 3.81. The molecule has 0 fully saturated rings. The number of rotatable bonds is 14. The molecule has 0 aromatic carbocycles. The molecule has 0 nitrogen and oxygen atoms in total. The molecule has 0 N–H and O–H groups in total. The summed E-state index contributed by atoms with van der Waals surface area (Å²) in [6, 6.07) is 0. The Morgan fingerprint density at radius 2 is 1.26 bits per heavy atom. The van der Waals surface area contributed by atoms with E-state index in [9.17, 15) is 0 Å². The van der Waals surface area contributed by atoms with Crippen molar-refractivity contribution in [3.8, 4) is 0 Å². The van der Waals surface area contributed by atoms with E-state index >= 15 is 0 Å². The Morgan fingerprint density at radius 1 is 0.684 bits per heavy atom. The summed E-state index contributed by atoms with van der Waals surface area (Å²) in [5, 5.41) is 0. The fourth-order valence-corrected chi connectivity index (χ4v) is 2.40. The van der Waals surface area contributed by atoms with Crippen molar-refractivity contribution in [2.45, 2.75) is 90.4 Å². The van der Waals surface area contributed by atoms with Crippen LogP contribution >= 0.6 is 0 Å². The van der Waals surface area contributed by atoms with Gasteiger partial charge in [-0.15, -0.1) is 0 Å². The van der Waals surface area contributed by atoms with E-state index < -0.39 is 0 Å². The standard InChI is InChI=1S/C19H36/c1-4-6-8-9-10-11-12-13-14-15-16-18-19(3)17-7-5-2/h14-15,19H,1-2,4-13,16-18H2,3H3. The molecule has 112 valence electrons. The zero-order chi connectivity index (χ0) is 14.2. The van der Waals surface area contributed by atoms with Crippen LogP contribution in [0.4, 0.5) is 0 Å². The summed E-state index contributed by atoms with van der Waals surface area (Å²) in [4.78, 5) is 0. The van der Waals surface area contributed by atoms with Gasteiger partial charge in [0.15, 0.2) is 0 Å². The van der Waals surface area contributed by atoms with E-state index in [1.54, 1.807) is 0 Å². The highest BCUT2D eigenvalue weighted by Crippen LogP contribution is 2.14. The van der Waals surface area contributed by atoms with Gasteiger partial charge in [0.2, 0.25) is 0 Å². The molecule has 1 atom stereocenters. The average molecular weight is 264 g/mol. The Morgan fingerprint density at radius 3 is 1.95 bits per heavy atom. The first kappa shape index (κ1) is 18.7. The van der Waals surface area contributed by atoms with E-state index in [0.29, 0.717) is 0 Å². The lowest BCUT2D eigenvalue weighted by molar-refractivity contribution is 0.480. The molecular weight excluding hydrogens is 228 g/mol. The lowest BCUT2D eigenvalue weighted by Crippen LogP contribution is -1.93. The maximum Gasteiger partial charge on any atom is -0.0348 e. The topological polar surface area (TPSA) is 0 Å². The van der Waals surface area contributed by atoms with Crippen molar-refractivity contribution in [1.29, 1.82) is 0 Å². The van der Waals surface area contributed by atoms with Crippen LogP contribution in [0.25, 0.3) is 0 Å². The summed E-state index contributed by atoms with van der Waals surface area (Å²) in [5.41, 5.74) is 0. The molecule has 2 radical (unpaired) electrons. The van der Waals surface area contributed by atoms with Crippen molar-refractivity contribution >= 4 is 0 Å². The summed E-state index contributed by atoms with van der Waals surface area (Å²) in [7, 11) is 0. The van der Waals surface area contributed by atoms with Crippen LogP contribution in [0, 0.1) is 19.8 Å².